The highest BCUT2D eigenvalue weighted by Crippen LogP contribution is 2.28. The van der Waals surface area contributed by atoms with Crippen molar-refractivity contribution < 1.29 is 17.9 Å². The second-order valence-corrected chi connectivity index (χ2v) is 7.48. The van der Waals surface area contributed by atoms with E-state index in [1.807, 2.05) is 6.07 Å². The summed E-state index contributed by atoms with van der Waals surface area (Å²) in [6.07, 6.45) is 3.29. The Morgan fingerprint density at radius 1 is 1.00 bits per heavy atom. The predicted octanol–water partition coefficient (Wildman–Crippen LogP) is 3.24. The lowest BCUT2D eigenvalue weighted by Gasteiger charge is -2.14. The van der Waals surface area contributed by atoms with Gasteiger partial charge in [-0.3, -0.25) is 4.98 Å². The first-order valence-corrected chi connectivity index (χ1v) is 9.73. The molecule has 2 aromatic carbocycles. The van der Waals surface area contributed by atoms with Crippen LogP contribution in [0.5, 0.6) is 11.5 Å². The fraction of sp³-hybridized carbons (Fsp3) is 0.150. The molecular formula is C20H20N2O4S. The highest BCUT2D eigenvalue weighted by Gasteiger charge is 2.19. The van der Waals surface area contributed by atoms with Gasteiger partial charge in [-0.05, 0) is 18.2 Å². The third kappa shape index (κ3) is 4.27. The summed E-state index contributed by atoms with van der Waals surface area (Å²) in [5, 5.41) is 0. The Bertz CT molecular complexity index is 1020. The number of hydrogen-bond donors (Lipinski definition) is 1. The number of methoxy groups -OCH3 is 2. The number of benzene rings is 2. The van der Waals surface area contributed by atoms with Gasteiger partial charge in [-0.2, -0.15) is 0 Å². The van der Waals surface area contributed by atoms with Gasteiger partial charge in [0.2, 0.25) is 10.0 Å². The summed E-state index contributed by atoms with van der Waals surface area (Å²) in [6, 6.07) is 15.7. The number of rotatable bonds is 7. The molecule has 0 bridgehead atoms. The third-order valence-electron chi connectivity index (χ3n) is 4.10. The number of ether oxygens (including phenoxy) is 2. The molecule has 6 nitrogen and oxygen atoms in total. The molecule has 7 heteroatoms. The molecule has 0 aliphatic rings. The summed E-state index contributed by atoms with van der Waals surface area (Å²) >= 11 is 0. The van der Waals surface area contributed by atoms with Crippen LogP contribution >= 0.6 is 0 Å². The molecule has 0 aliphatic carbocycles. The highest BCUT2D eigenvalue weighted by molar-refractivity contribution is 7.89. The van der Waals surface area contributed by atoms with Crippen molar-refractivity contribution in [3.8, 4) is 22.6 Å². The van der Waals surface area contributed by atoms with E-state index in [0.29, 0.717) is 22.6 Å². The molecule has 1 heterocycles. The van der Waals surface area contributed by atoms with E-state index in [0.717, 1.165) is 5.56 Å². The lowest BCUT2D eigenvalue weighted by Crippen LogP contribution is -2.24. The molecule has 3 rings (SSSR count). The van der Waals surface area contributed by atoms with Crippen LogP contribution in [0.2, 0.25) is 0 Å². The largest absolute Gasteiger partial charge is 0.497 e. The lowest BCUT2D eigenvalue weighted by molar-refractivity contribution is 0.390. The van der Waals surface area contributed by atoms with E-state index in [-0.39, 0.29) is 11.4 Å². The van der Waals surface area contributed by atoms with Gasteiger partial charge < -0.3 is 9.47 Å². The Morgan fingerprint density at radius 2 is 1.81 bits per heavy atom. The van der Waals surface area contributed by atoms with Gasteiger partial charge in [-0.25, -0.2) is 13.1 Å². The van der Waals surface area contributed by atoms with Gasteiger partial charge in [-0.1, -0.05) is 30.3 Å². The van der Waals surface area contributed by atoms with Crippen molar-refractivity contribution in [3.05, 3.63) is 72.6 Å². The Labute approximate surface area is 158 Å². The van der Waals surface area contributed by atoms with Crippen molar-refractivity contribution in [2.45, 2.75) is 11.4 Å². The molecule has 0 fully saturated rings. The van der Waals surface area contributed by atoms with Crippen LogP contribution in [0.1, 0.15) is 5.56 Å². The standard InChI is InChI=1S/C20H20N2O4S/c1-25-17-10-9-16(19(12-17)26-2)14-22-27(23,24)20-8-4-3-7-18(20)15-6-5-11-21-13-15/h3-13,22H,14H2,1-2H3. The van der Waals surface area contributed by atoms with Crippen LogP contribution in [-0.2, 0) is 16.6 Å². The van der Waals surface area contributed by atoms with Crippen molar-refractivity contribution in [1.29, 1.82) is 0 Å². The number of nitrogens with zero attached hydrogens (tertiary/aromatic N) is 1. The molecule has 0 saturated carbocycles. The maximum atomic E-state index is 12.9. The van der Waals surface area contributed by atoms with Crippen molar-refractivity contribution in [1.82, 2.24) is 9.71 Å². The summed E-state index contributed by atoms with van der Waals surface area (Å²) in [5.74, 6) is 1.19. The fourth-order valence-corrected chi connectivity index (χ4v) is 3.94. The molecule has 0 unspecified atom stereocenters. The Hall–Kier alpha value is -2.90. The molecule has 1 N–H and O–H groups in total. The minimum absolute atomic E-state index is 0.0941. The smallest absolute Gasteiger partial charge is 0.241 e. The molecule has 27 heavy (non-hydrogen) atoms. The Kier molecular flexibility index (Phi) is 5.73. The van der Waals surface area contributed by atoms with Crippen LogP contribution < -0.4 is 14.2 Å². The molecule has 3 aromatic rings. The minimum atomic E-state index is -3.74. The van der Waals surface area contributed by atoms with E-state index in [4.69, 9.17) is 9.47 Å². The van der Waals surface area contributed by atoms with Gasteiger partial charge in [-0.15, -0.1) is 0 Å². The van der Waals surface area contributed by atoms with Crippen molar-refractivity contribution in [2.75, 3.05) is 14.2 Å². The average Bonchev–Trinajstić information content (AvgIpc) is 2.72. The summed E-state index contributed by atoms with van der Waals surface area (Å²) in [7, 11) is -0.648. The predicted molar refractivity (Wildman–Crippen MR) is 103 cm³/mol. The van der Waals surface area contributed by atoms with Crippen molar-refractivity contribution >= 4 is 10.0 Å². The van der Waals surface area contributed by atoms with Gasteiger partial charge in [0.25, 0.3) is 0 Å². The van der Waals surface area contributed by atoms with E-state index in [9.17, 15) is 8.42 Å². The van der Waals surface area contributed by atoms with E-state index in [1.165, 1.54) is 7.11 Å². The normalized spacial score (nSPS) is 11.2. The van der Waals surface area contributed by atoms with Crippen LogP contribution in [0.15, 0.2) is 71.9 Å². The van der Waals surface area contributed by atoms with E-state index >= 15 is 0 Å². The Balaban J connectivity index is 1.89. The van der Waals surface area contributed by atoms with Gasteiger partial charge in [0.05, 0.1) is 19.1 Å². The van der Waals surface area contributed by atoms with Crippen LogP contribution in [0, 0.1) is 0 Å². The summed E-state index contributed by atoms with van der Waals surface area (Å²) in [6.45, 7) is 0.0941. The number of hydrogen-bond acceptors (Lipinski definition) is 5. The third-order valence-corrected chi connectivity index (χ3v) is 5.56. The molecular weight excluding hydrogens is 364 g/mol. The monoisotopic (exact) mass is 384 g/mol. The zero-order valence-corrected chi connectivity index (χ0v) is 15.9. The number of nitrogens with one attached hydrogen (secondary N) is 1. The molecule has 0 aliphatic heterocycles. The van der Waals surface area contributed by atoms with E-state index in [1.54, 1.807) is 68.0 Å². The number of pyridine rings is 1. The number of aromatic nitrogens is 1. The van der Waals surface area contributed by atoms with Gasteiger partial charge in [0, 0.05) is 41.7 Å². The molecule has 0 atom stereocenters. The molecule has 1 aromatic heterocycles. The SMILES string of the molecule is COc1ccc(CNS(=O)(=O)c2ccccc2-c2cccnc2)c(OC)c1. The first kappa shape index (κ1) is 18.9. The fourth-order valence-electron chi connectivity index (χ4n) is 2.71. The average molecular weight is 384 g/mol. The maximum Gasteiger partial charge on any atom is 0.241 e. The van der Waals surface area contributed by atoms with Crippen LogP contribution in [-0.4, -0.2) is 27.6 Å². The maximum absolute atomic E-state index is 12.9. The molecule has 0 amide bonds. The summed E-state index contributed by atoms with van der Waals surface area (Å²) in [5.41, 5.74) is 2.04. The zero-order valence-electron chi connectivity index (χ0n) is 15.0. The highest BCUT2D eigenvalue weighted by atomic mass is 32.2. The van der Waals surface area contributed by atoms with Crippen LogP contribution in [0.25, 0.3) is 11.1 Å². The summed E-state index contributed by atoms with van der Waals surface area (Å²) < 4.78 is 39.0. The van der Waals surface area contributed by atoms with Gasteiger partial charge in [0.1, 0.15) is 11.5 Å². The van der Waals surface area contributed by atoms with Crippen LogP contribution in [0.4, 0.5) is 0 Å². The van der Waals surface area contributed by atoms with Crippen molar-refractivity contribution in [2.24, 2.45) is 0 Å². The summed E-state index contributed by atoms with van der Waals surface area (Å²) in [4.78, 5) is 4.27. The molecule has 0 radical (unpaired) electrons. The van der Waals surface area contributed by atoms with Gasteiger partial charge >= 0.3 is 0 Å². The van der Waals surface area contributed by atoms with Crippen LogP contribution in [0.3, 0.4) is 0 Å². The number of sulfonamides is 1. The quantitative estimate of drug-likeness (QED) is 0.677. The first-order chi connectivity index (χ1) is 13.0. The molecule has 0 saturated heterocycles. The van der Waals surface area contributed by atoms with E-state index < -0.39 is 10.0 Å². The van der Waals surface area contributed by atoms with Gasteiger partial charge in [0.15, 0.2) is 0 Å². The van der Waals surface area contributed by atoms with E-state index in [2.05, 4.69) is 9.71 Å². The lowest BCUT2D eigenvalue weighted by atomic mass is 10.1. The van der Waals surface area contributed by atoms with Crippen molar-refractivity contribution in [3.63, 3.8) is 0 Å². The Morgan fingerprint density at radius 3 is 2.52 bits per heavy atom. The minimum Gasteiger partial charge on any atom is -0.497 e. The topological polar surface area (TPSA) is 77.5 Å². The molecule has 0 spiro atoms. The second-order valence-electron chi connectivity index (χ2n) is 5.74. The second kappa shape index (κ2) is 8.20. The zero-order chi connectivity index (χ0) is 19.3. The first-order valence-electron chi connectivity index (χ1n) is 8.25. The molecule has 140 valence electrons.